The van der Waals surface area contributed by atoms with Crippen LogP contribution in [-0.4, -0.2) is 27.1 Å². The Morgan fingerprint density at radius 3 is 2.43 bits per heavy atom. The lowest BCUT2D eigenvalue weighted by atomic mass is 10.1. The topological polar surface area (TPSA) is 75.3 Å². The zero-order valence-corrected chi connectivity index (χ0v) is 14.1. The molecule has 2 aromatic carbocycles. The molecule has 0 spiro atoms. The van der Waals surface area contributed by atoms with Gasteiger partial charge in [-0.2, -0.15) is 0 Å². The van der Waals surface area contributed by atoms with Gasteiger partial charge < -0.3 is 5.32 Å². The van der Waals surface area contributed by atoms with Crippen LogP contribution >= 0.6 is 11.6 Å². The van der Waals surface area contributed by atoms with Gasteiger partial charge in [-0.1, -0.05) is 41.9 Å². The maximum Gasteiger partial charge on any atom is 0.251 e. The van der Waals surface area contributed by atoms with E-state index in [2.05, 4.69) is 10.0 Å². The van der Waals surface area contributed by atoms with Crippen LogP contribution in [0.15, 0.2) is 48.5 Å². The van der Waals surface area contributed by atoms with Gasteiger partial charge in [-0.25, -0.2) is 8.42 Å². The summed E-state index contributed by atoms with van der Waals surface area (Å²) in [5.74, 6) is -0.256. The van der Waals surface area contributed by atoms with Gasteiger partial charge in [-0.05, 0) is 30.2 Å². The van der Waals surface area contributed by atoms with Gasteiger partial charge in [0.05, 0.1) is 17.0 Å². The van der Waals surface area contributed by atoms with E-state index in [1.807, 2.05) is 30.3 Å². The minimum absolute atomic E-state index is 0.172. The molecule has 2 aromatic rings. The summed E-state index contributed by atoms with van der Waals surface area (Å²) < 4.78 is 24.7. The van der Waals surface area contributed by atoms with Crippen LogP contribution in [0.2, 0.25) is 5.02 Å². The fourth-order valence-electron chi connectivity index (χ4n) is 2.01. The van der Waals surface area contributed by atoms with E-state index in [0.717, 1.165) is 18.2 Å². The predicted molar refractivity (Wildman–Crippen MR) is 92.4 cm³/mol. The van der Waals surface area contributed by atoms with Crippen LogP contribution < -0.4 is 10.0 Å². The molecule has 7 heteroatoms. The van der Waals surface area contributed by atoms with Crippen molar-refractivity contribution in [3.63, 3.8) is 0 Å². The number of nitrogens with one attached hydrogen (secondary N) is 2. The van der Waals surface area contributed by atoms with Crippen LogP contribution in [-0.2, 0) is 16.4 Å². The first-order valence-corrected chi connectivity index (χ1v) is 9.21. The fraction of sp³-hybridized carbons (Fsp3) is 0.188. The second-order valence-corrected chi connectivity index (χ2v) is 7.22. The van der Waals surface area contributed by atoms with Crippen molar-refractivity contribution in [1.29, 1.82) is 0 Å². The van der Waals surface area contributed by atoms with Gasteiger partial charge in [-0.15, -0.1) is 0 Å². The maximum absolute atomic E-state index is 12.1. The van der Waals surface area contributed by atoms with Gasteiger partial charge in [0.25, 0.3) is 5.91 Å². The Bertz CT molecular complexity index is 792. The summed E-state index contributed by atoms with van der Waals surface area (Å²) in [7, 11) is -3.41. The first-order valence-electron chi connectivity index (χ1n) is 6.94. The molecule has 0 radical (unpaired) electrons. The molecule has 2 N–H and O–H groups in total. The Balaban J connectivity index is 1.96. The molecule has 0 fully saturated rings. The Labute approximate surface area is 140 Å². The van der Waals surface area contributed by atoms with Crippen LogP contribution in [0.4, 0.5) is 5.69 Å². The van der Waals surface area contributed by atoms with Crippen molar-refractivity contribution in [2.24, 2.45) is 0 Å². The third kappa shape index (κ3) is 5.58. The average molecular weight is 353 g/mol. The van der Waals surface area contributed by atoms with Gasteiger partial charge in [0.15, 0.2) is 0 Å². The molecule has 122 valence electrons. The highest BCUT2D eigenvalue weighted by molar-refractivity contribution is 7.92. The van der Waals surface area contributed by atoms with E-state index in [4.69, 9.17) is 11.6 Å². The van der Waals surface area contributed by atoms with Crippen LogP contribution in [0.25, 0.3) is 0 Å². The van der Waals surface area contributed by atoms with Crippen LogP contribution in [0, 0.1) is 0 Å². The molecule has 0 heterocycles. The highest BCUT2D eigenvalue weighted by atomic mass is 35.5. The summed E-state index contributed by atoms with van der Waals surface area (Å²) in [5.41, 5.74) is 1.76. The molecule has 23 heavy (non-hydrogen) atoms. The normalized spacial score (nSPS) is 11.0. The van der Waals surface area contributed by atoms with E-state index in [1.54, 1.807) is 0 Å². The number of hydrogen-bond acceptors (Lipinski definition) is 3. The summed E-state index contributed by atoms with van der Waals surface area (Å²) in [5, 5.41) is 2.98. The van der Waals surface area contributed by atoms with Gasteiger partial charge in [-0.3, -0.25) is 9.52 Å². The molecule has 0 atom stereocenters. The lowest BCUT2D eigenvalue weighted by molar-refractivity contribution is 0.0954. The number of carbonyl (C=O) groups excluding carboxylic acids is 1. The molecule has 0 aliphatic heterocycles. The minimum atomic E-state index is -3.41. The summed E-state index contributed by atoms with van der Waals surface area (Å²) in [6, 6.07) is 14.3. The number of amides is 1. The minimum Gasteiger partial charge on any atom is -0.352 e. The number of carbonyl (C=O) groups is 1. The largest absolute Gasteiger partial charge is 0.352 e. The summed E-state index contributed by atoms with van der Waals surface area (Å²) in [6.45, 7) is 0.504. The van der Waals surface area contributed by atoms with Gasteiger partial charge in [0, 0.05) is 12.1 Å². The Kier molecular flexibility index (Phi) is 5.63. The summed E-state index contributed by atoms with van der Waals surface area (Å²) in [4.78, 5) is 12.1. The van der Waals surface area contributed by atoms with Crippen molar-refractivity contribution in [1.82, 2.24) is 5.32 Å². The molecule has 5 nitrogen and oxygen atoms in total. The molecular formula is C16H17ClN2O3S. The molecule has 0 aromatic heterocycles. The second-order valence-electron chi connectivity index (χ2n) is 5.06. The first kappa shape index (κ1) is 17.3. The zero-order valence-electron chi connectivity index (χ0n) is 12.5. The van der Waals surface area contributed by atoms with E-state index in [-0.39, 0.29) is 16.6 Å². The number of halogens is 1. The van der Waals surface area contributed by atoms with E-state index < -0.39 is 10.0 Å². The molecule has 0 aliphatic carbocycles. The van der Waals surface area contributed by atoms with E-state index in [0.29, 0.717) is 12.1 Å². The van der Waals surface area contributed by atoms with Crippen molar-refractivity contribution >= 4 is 33.2 Å². The van der Waals surface area contributed by atoms with E-state index in [9.17, 15) is 13.2 Å². The molecule has 0 aliphatic rings. The SMILES string of the molecule is CS(=O)(=O)Nc1ccc(C(=O)NCCc2ccccc2)cc1Cl. The molecule has 1 amide bonds. The number of hydrogen-bond donors (Lipinski definition) is 2. The molecule has 2 rings (SSSR count). The predicted octanol–water partition coefficient (Wildman–Crippen LogP) is 2.68. The van der Waals surface area contributed by atoms with Crippen LogP contribution in [0.5, 0.6) is 0 Å². The molecule has 0 bridgehead atoms. The van der Waals surface area contributed by atoms with Crippen molar-refractivity contribution in [3.8, 4) is 0 Å². The monoisotopic (exact) mass is 352 g/mol. The van der Waals surface area contributed by atoms with Gasteiger partial charge in [0.2, 0.25) is 10.0 Å². The van der Waals surface area contributed by atoms with Crippen LogP contribution in [0.3, 0.4) is 0 Å². The number of rotatable bonds is 6. The molecule has 0 saturated carbocycles. The smallest absolute Gasteiger partial charge is 0.251 e. The number of benzene rings is 2. The fourth-order valence-corrected chi connectivity index (χ4v) is 2.87. The van der Waals surface area contributed by atoms with Crippen molar-refractivity contribution in [2.75, 3.05) is 17.5 Å². The number of sulfonamides is 1. The molecular weight excluding hydrogens is 336 g/mol. The Morgan fingerprint density at radius 2 is 1.83 bits per heavy atom. The van der Waals surface area contributed by atoms with Crippen LogP contribution in [0.1, 0.15) is 15.9 Å². The standard InChI is InChI=1S/C16H17ClN2O3S/c1-23(21,22)19-15-8-7-13(11-14(15)17)16(20)18-10-9-12-5-3-2-4-6-12/h2-8,11,19H,9-10H2,1H3,(H,18,20). The lowest BCUT2D eigenvalue weighted by Crippen LogP contribution is -2.25. The Hall–Kier alpha value is -2.05. The quantitative estimate of drug-likeness (QED) is 0.839. The summed E-state index contributed by atoms with van der Waals surface area (Å²) >= 11 is 6.00. The highest BCUT2D eigenvalue weighted by Crippen LogP contribution is 2.23. The van der Waals surface area contributed by atoms with Gasteiger partial charge in [0.1, 0.15) is 0 Å². The van der Waals surface area contributed by atoms with Crippen molar-refractivity contribution in [2.45, 2.75) is 6.42 Å². The van der Waals surface area contributed by atoms with E-state index >= 15 is 0 Å². The number of anilines is 1. The average Bonchev–Trinajstić information content (AvgIpc) is 2.49. The Morgan fingerprint density at radius 1 is 1.13 bits per heavy atom. The maximum atomic E-state index is 12.1. The zero-order chi connectivity index (χ0) is 16.9. The summed E-state index contributed by atoms with van der Waals surface area (Å²) in [6.07, 6.45) is 1.77. The van der Waals surface area contributed by atoms with Gasteiger partial charge >= 0.3 is 0 Å². The lowest BCUT2D eigenvalue weighted by Gasteiger charge is -2.09. The highest BCUT2D eigenvalue weighted by Gasteiger charge is 2.10. The molecule has 0 unspecified atom stereocenters. The third-order valence-corrected chi connectivity index (χ3v) is 3.97. The second kappa shape index (κ2) is 7.48. The van der Waals surface area contributed by atoms with Crippen molar-refractivity contribution < 1.29 is 13.2 Å². The molecule has 0 saturated heterocycles. The first-order chi connectivity index (χ1) is 10.8. The van der Waals surface area contributed by atoms with E-state index in [1.165, 1.54) is 18.2 Å². The third-order valence-electron chi connectivity index (χ3n) is 3.07. The van der Waals surface area contributed by atoms with Crippen molar-refractivity contribution in [3.05, 3.63) is 64.7 Å².